The molecular weight excluding hydrogens is 495 g/mol. The largest absolute Gasteiger partial charge is 0.322 e. The van der Waals surface area contributed by atoms with Crippen molar-refractivity contribution in [2.75, 3.05) is 5.32 Å². The summed E-state index contributed by atoms with van der Waals surface area (Å²) in [5, 5.41) is 4.51. The number of anilines is 1. The number of nitrogens with one attached hydrogen (secondary N) is 1. The molecule has 0 fully saturated rings. The minimum Gasteiger partial charge on any atom is -0.310 e. The van der Waals surface area contributed by atoms with Crippen LogP contribution < -0.4 is 10.9 Å². The second kappa shape index (κ2) is 10.1. The Balaban J connectivity index is 1.75. The van der Waals surface area contributed by atoms with Crippen molar-refractivity contribution >= 4 is 57.4 Å². The summed E-state index contributed by atoms with van der Waals surface area (Å²) in [4.78, 5) is 32.8. The lowest BCUT2D eigenvalue weighted by molar-refractivity contribution is 0.185. The van der Waals surface area contributed by atoms with Crippen molar-refractivity contribution in [1.29, 1.82) is 0 Å². The molecule has 1 unspecified atom stereocenters. The number of benzene rings is 3. The van der Waals surface area contributed by atoms with Crippen LogP contribution in [0.1, 0.15) is 24.4 Å². The monoisotopic (exact) mass is 514 g/mol. The Bertz CT molecular complexity index is 1420. The van der Waals surface area contributed by atoms with E-state index in [2.05, 4.69) is 5.32 Å². The Morgan fingerprint density at radius 3 is 2.41 bits per heavy atom. The van der Waals surface area contributed by atoms with Crippen molar-refractivity contribution in [3.8, 4) is 0 Å². The summed E-state index contributed by atoms with van der Waals surface area (Å²) in [6.07, 6.45) is 0. The standard InChI is InChI=1S/C25H21Cl3N4O2/c1-15(23-29-21-10-8-17(26)12-19(21)24(33)31(23)2)32(14-16-6-4-3-5-7-16)25(34)30-22-11-9-18(27)13-20(22)28/h3-13,15H,14H2,1-2H3,(H,30,34). The van der Waals surface area contributed by atoms with Gasteiger partial charge in [-0.25, -0.2) is 9.78 Å². The number of amides is 2. The first-order valence-corrected chi connectivity index (χ1v) is 11.6. The molecule has 0 saturated carbocycles. The molecule has 174 valence electrons. The van der Waals surface area contributed by atoms with Gasteiger partial charge in [-0.1, -0.05) is 65.1 Å². The van der Waals surface area contributed by atoms with E-state index in [1.54, 1.807) is 48.3 Å². The lowest BCUT2D eigenvalue weighted by atomic mass is 10.1. The van der Waals surface area contributed by atoms with E-state index in [1.165, 1.54) is 4.57 Å². The van der Waals surface area contributed by atoms with Gasteiger partial charge in [0, 0.05) is 23.6 Å². The summed E-state index contributed by atoms with van der Waals surface area (Å²) >= 11 is 18.3. The number of carbonyl (C=O) groups excluding carboxylic acids is 1. The van der Waals surface area contributed by atoms with Gasteiger partial charge in [-0.3, -0.25) is 9.36 Å². The Hall–Kier alpha value is -3.06. The zero-order valence-electron chi connectivity index (χ0n) is 18.4. The van der Waals surface area contributed by atoms with Crippen LogP contribution >= 0.6 is 34.8 Å². The number of hydrogen-bond acceptors (Lipinski definition) is 3. The molecule has 9 heteroatoms. The Morgan fingerprint density at radius 1 is 1.03 bits per heavy atom. The zero-order valence-corrected chi connectivity index (χ0v) is 20.7. The van der Waals surface area contributed by atoms with Crippen molar-refractivity contribution in [3.63, 3.8) is 0 Å². The van der Waals surface area contributed by atoms with E-state index >= 15 is 0 Å². The van der Waals surface area contributed by atoms with Crippen LogP contribution in [0.15, 0.2) is 71.5 Å². The molecule has 4 aromatic rings. The Kier molecular flexibility index (Phi) is 7.12. The van der Waals surface area contributed by atoms with Crippen LogP contribution in [-0.4, -0.2) is 20.5 Å². The van der Waals surface area contributed by atoms with Crippen LogP contribution in [-0.2, 0) is 13.6 Å². The maximum Gasteiger partial charge on any atom is 0.322 e. The summed E-state index contributed by atoms with van der Waals surface area (Å²) in [5.74, 6) is 0.438. The van der Waals surface area contributed by atoms with Crippen molar-refractivity contribution in [2.45, 2.75) is 19.5 Å². The lowest BCUT2D eigenvalue weighted by Crippen LogP contribution is -2.39. The SMILES string of the molecule is CC(c1nc2ccc(Cl)cc2c(=O)n1C)N(Cc1ccccc1)C(=O)Nc1ccc(Cl)cc1Cl. The van der Waals surface area contributed by atoms with Crippen molar-refractivity contribution in [3.05, 3.63) is 104 Å². The average Bonchev–Trinajstić information content (AvgIpc) is 2.82. The minimum absolute atomic E-state index is 0.241. The Morgan fingerprint density at radius 2 is 1.71 bits per heavy atom. The van der Waals surface area contributed by atoms with E-state index in [0.29, 0.717) is 37.5 Å². The van der Waals surface area contributed by atoms with Gasteiger partial charge in [0.2, 0.25) is 0 Å². The first kappa shape index (κ1) is 24.1. The highest BCUT2D eigenvalue weighted by Crippen LogP contribution is 2.28. The number of aromatic nitrogens is 2. The highest BCUT2D eigenvalue weighted by molar-refractivity contribution is 6.36. The van der Waals surface area contributed by atoms with Crippen LogP contribution in [0, 0.1) is 0 Å². The summed E-state index contributed by atoms with van der Waals surface area (Å²) in [6, 6.07) is 18.4. The summed E-state index contributed by atoms with van der Waals surface area (Å²) in [6.45, 7) is 2.11. The van der Waals surface area contributed by atoms with Crippen molar-refractivity contribution in [1.82, 2.24) is 14.5 Å². The molecule has 1 N–H and O–H groups in total. The summed E-state index contributed by atoms with van der Waals surface area (Å²) in [7, 11) is 1.64. The molecule has 0 aliphatic rings. The average molecular weight is 516 g/mol. The molecule has 0 aliphatic carbocycles. The third-order valence-electron chi connectivity index (χ3n) is 5.54. The normalized spacial score (nSPS) is 11.9. The Labute approximate surface area is 211 Å². The van der Waals surface area contributed by atoms with Gasteiger partial charge in [0.1, 0.15) is 5.82 Å². The molecule has 0 bridgehead atoms. The molecule has 2 amide bonds. The number of halogens is 3. The fraction of sp³-hybridized carbons (Fsp3) is 0.160. The number of nitrogens with zero attached hydrogens (tertiary/aromatic N) is 3. The van der Waals surface area contributed by atoms with E-state index in [-0.39, 0.29) is 12.1 Å². The second-order valence-corrected chi connectivity index (χ2v) is 9.12. The van der Waals surface area contributed by atoms with E-state index in [9.17, 15) is 9.59 Å². The molecule has 1 aromatic heterocycles. The quantitative estimate of drug-likeness (QED) is 0.322. The molecule has 1 atom stereocenters. The lowest BCUT2D eigenvalue weighted by Gasteiger charge is -2.30. The van der Waals surface area contributed by atoms with Crippen LogP contribution in [0.4, 0.5) is 10.5 Å². The number of carbonyl (C=O) groups is 1. The third-order valence-corrected chi connectivity index (χ3v) is 6.33. The number of urea groups is 1. The van der Waals surface area contributed by atoms with Gasteiger partial charge in [0.25, 0.3) is 5.56 Å². The van der Waals surface area contributed by atoms with Crippen LogP contribution in [0.2, 0.25) is 15.1 Å². The van der Waals surface area contributed by atoms with Gasteiger partial charge in [-0.2, -0.15) is 0 Å². The van der Waals surface area contributed by atoms with Gasteiger partial charge >= 0.3 is 6.03 Å². The minimum atomic E-state index is -0.552. The predicted octanol–water partition coefficient (Wildman–Crippen LogP) is 6.69. The van der Waals surface area contributed by atoms with Gasteiger partial charge in [-0.05, 0) is 48.9 Å². The maximum absolute atomic E-state index is 13.5. The van der Waals surface area contributed by atoms with Crippen molar-refractivity contribution in [2.24, 2.45) is 7.05 Å². The number of fused-ring (bicyclic) bond motifs is 1. The third kappa shape index (κ3) is 5.04. The van der Waals surface area contributed by atoms with Gasteiger partial charge in [0.05, 0.1) is 27.7 Å². The summed E-state index contributed by atoms with van der Waals surface area (Å²) in [5.41, 5.74) is 1.62. The number of hydrogen-bond donors (Lipinski definition) is 1. The molecule has 0 aliphatic heterocycles. The summed E-state index contributed by atoms with van der Waals surface area (Å²) < 4.78 is 1.45. The highest BCUT2D eigenvalue weighted by Gasteiger charge is 2.26. The second-order valence-electron chi connectivity index (χ2n) is 7.84. The molecule has 3 aromatic carbocycles. The van der Waals surface area contributed by atoms with E-state index < -0.39 is 12.1 Å². The zero-order chi connectivity index (χ0) is 24.4. The van der Waals surface area contributed by atoms with E-state index in [4.69, 9.17) is 39.8 Å². The molecule has 0 radical (unpaired) electrons. The van der Waals surface area contributed by atoms with Crippen LogP contribution in [0.25, 0.3) is 10.9 Å². The predicted molar refractivity (Wildman–Crippen MR) is 138 cm³/mol. The highest BCUT2D eigenvalue weighted by atomic mass is 35.5. The van der Waals surface area contributed by atoms with E-state index in [0.717, 1.165) is 5.56 Å². The molecule has 0 saturated heterocycles. The van der Waals surface area contributed by atoms with Gasteiger partial charge < -0.3 is 10.2 Å². The first-order valence-electron chi connectivity index (χ1n) is 10.5. The fourth-order valence-electron chi connectivity index (χ4n) is 3.72. The molecule has 0 spiro atoms. The first-order chi connectivity index (χ1) is 16.2. The molecule has 6 nitrogen and oxygen atoms in total. The topological polar surface area (TPSA) is 67.2 Å². The molecular formula is C25H21Cl3N4O2. The molecule has 4 rings (SSSR count). The van der Waals surface area contributed by atoms with Crippen LogP contribution in [0.3, 0.4) is 0 Å². The maximum atomic E-state index is 13.5. The fourth-order valence-corrected chi connectivity index (χ4v) is 4.34. The van der Waals surface area contributed by atoms with Gasteiger partial charge in [0.15, 0.2) is 0 Å². The van der Waals surface area contributed by atoms with E-state index in [1.807, 2.05) is 37.3 Å². The molecule has 1 heterocycles. The molecule has 34 heavy (non-hydrogen) atoms. The smallest absolute Gasteiger partial charge is 0.310 e. The van der Waals surface area contributed by atoms with Crippen molar-refractivity contribution < 1.29 is 4.79 Å². The van der Waals surface area contributed by atoms with Gasteiger partial charge in [-0.15, -0.1) is 0 Å². The number of rotatable bonds is 5. The van der Waals surface area contributed by atoms with Crippen LogP contribution in [0.5, 0.6) is 0 Å².